The van der Waals surface area contributed by atoms with E-state index in [9.17, 15) is 9.59 Å². The molecule has 0 spiro atoms. The minimum atomic E-state index is -0.775. The summed E-state index contributed by atoms with van der Waals surface area (Å²) in [6.07, 6.45) is 0. The predicted molar refractivity (Wildman–Crippen MR) is 66.0 cm³/mol. The molecule has 4 nitrogen and oxygen atoms in total. The molecule has 0 heterocycles. The molecular formula is C13H18N2O2. The highest BCUT2D eigenvalue weighted by atomic mass is 16.2. The average Bonchev–Trinajstić information content (AvgIpc) is 2.25. The Morgan fingerprint density at radius 3 is 2.12 bits per heavy atom. The summed E-state index contributed by atoms with van der Waals surface area (Å²) in [6.45, 7) is 5.35. The number of benzene rings is 1. The van der Waals surface area contributed by atoms with Crippen molar-refractivity contribution in [3.05, 3.63) is 35.9 Å². The maximum atomic E-state index is 11.8. The fourth-order valence-corrected chi connectivity index (χ4v) is 1.31. The second-order valence-corrected chi connectivity index (χ2v) is 4.97. The van der Waals surface area contributed by atoms with Crippen molar-refractivity contribution in [3.8, 4) is 0 Å². The van der Waals surface area contributed by atoms with Crippen LogP contribution in [-0.2, 0) is 9.59 Å². The highest BCUT2D eigenvalue weighted by Gasteiger charge is 2.27. The molecule has 0 aliphatic heterocycles. The minimum Gasteiger partial charge on any atom is -0.368 e. The van der Waals surface area contributed by atoms with Gasteiger partial charge in [-0.2, -0.15) is 0 Å². The minimum absolute atomic E-state index is 0.204. The van der Waals surface area contributed by atoms with E-state index in [1.165, 1.54) is 0 Å². The van der Waals surface area contributed by atoms with Gasteiger partial charge in [0.25, 0.3) is 0 Å². The summed E-state index contributed by atoms with van der Waals surface area (Å²) in [5, 5.41) is 2.66. The number of carbonyl (C=O) groups excluding carboxylic acids is 2. The Balaban J connectivity index is 2.90. The van der Waals surface area contributed by atoms with Crippen molar-refractivity contribution in [2.24, 2.45) is 11.1 Å². The molecule has 3 N–H and O–H groups in total. The lowest BCUT2D eigenvalue weighted by molar-refractivity contribution is -0.132. The van der Waals surface area contributed by atoms with Crippen LogP contribution in [0.5, 0.6) is 0 Å². The number of hydrogen-bond donors (Lipinski definition) is 2. The fraction of sp³-hybridized carbons (Fsp3) is 0.385. The number of carbonyl (C=O) groups is 2. The summed E-state index contributed by atoms with van der Waals surface area (Å²) < 4.78 is 0. The molecule has 0 aliphatic carbocycles. The van der Waals surface area contributed by atoms with Crippen molar-refractivity contribution in [3.63, 3.8) is 0 Å². The second-order valence-electron chi connectivity index (χ2n) is 4.97. The lowest BCUT2D eigenvalue weighted by atomic mass is 9.94. The molecule has 1 atom stereocenters. The molecule has 4 heteroatoms. The molecule has 0 fully saturated rings. The molecule has 0 bridgehead atoms. The molecule has 1 rings (SSSR count). The van der Waals surface area contributed by atoms with Gasteiger partial charge >= 0.3 is 0 Å². The summed E-state index contributed by atoms with van der Waals surface area (Å²) >= 11 is 0. The molecule has 1 aromatic carbocycles. The number of hydrogen-bond acceptors (Lipinski definition) is 2. The zero-order valence-electron chi connectivity index (χ0n) is 10.4. The van der Waals surface area contributed by atoms with Crippen LogP contribution in [0.3, 0.4) is 0 Å². The molecule has 1 aromatic rings. The number of nitrogens with one attached hydrogen (secondary N) is 1. The van der Waals surface area contributed by atoms with Crippen molar-refractivity contribution >= 4 is 11.8 Å². The van der Waals surface area contributed by atoms with Crippen LogP contribution < -0.4 is 11.1 Å². The first-order valence-corrected chi connectivity index (χ1v) is 5.47. The van der Waals surface area contributed by atoms with Crippen LogP contribution in [0.1, 0.15) is 32.4 Å². The van der Waals surface area contributed by atoms with E-state index in [1.807, 2.05) is 6.07 Å². The average molecular weight is 234 g/mol. The van der Waals surface area contributed by atoms with E-state index in [-0.39, 0.29) is 5.91 Å². The van der Waals surface area contributed by atoms with E-state index >= 15 is 0 Å². The molecule has 2 amide bonds. The topological polar surface area (TPSA) is 72.2 Å². The van der Waals surface area contributed by atoms with Gasteiger partial charge in [-0.3, -0.25) is 9.59 Å². The molecule has 0 unspecified atom stereocenters. The Morgan fingerprint density at radius 1 is 1.18 bits per heavy atom. The van der Waals surface area contributed by atoms with Gasteiger partial charge in [0, 0.05) is 5.41 Å². The van der Waals surface area contributed by atoms with Gasteiger partial charge in [-0.05, 0) is 5.56 Å². The quantitative estimate of drug-likeness (QED) is 0.829. The first-order chi connectivity index (χ1) is 7.82. The van der Waals surface area contributed by atoms with E-state index in [0.717, 1.165) is 0 Å². The SMILES string of the molecule is CC(C)(C)C(=O)N[C@H](C(N)=O)c1ccccc1. The summed E-state index contributed by atoms with van der Waals surface area (Å²) in [6, 6.07) is 8.19. The van der Waals surface area contributed by atoms with E-state index < -0.39 is 17.4 Å². The van der Waals surface area contributed by atoms with Crippen LogP contribution in [-0.4, -0.2) is 11.8 Å². The van der Waals surface area contributed by atoms with Crippen LogP contribution in [0.4, 0.5) is 0 Å². The predicted octanol–water partition coefficient (Wildman–Crippen LogP) is 1.38. The van der Waals surface area contributed by atoms with Gasteiger partial charge in [-0.25, -0.2) is 0 Å². The molecule has 0 aliphatic rings. The zero-order chi connectivity index (χ0) is 13.1. The number of primary amides is 1. The normalized spacial score (nSPS) is 12.9. The van der Waals surface area contributed by atoms with Gasteiger partial charge in [0.05, 0.1) is 0 Å². The maximum Gasteiger partial charge on any atom is 0.244 e. The number of nitrogens with two attached hydrogens (primary N) is 1. The van der Waals surface area contributed by atoms with Crippen LogP contribution in [0, 0.1) is 5.41 Å². The van der Waals surface area contributed by atoms with E-state index in [1.54, 1.807) is 45.0 Å². The van der Waals surface area contributed by atoms with Gasteiger partial charge in [0.2, 0.25) is 11.8 Å². The van der Waals surface area contributed by atoms with Crippen molar-refractivity contribution in [1.82, 2.24) is 5.32 Å². The summed E-state index contributed by atoms with van der Waals surface area (Å²) in [4.78, 5) is 23.2. The Labute approximate surface area is 101 Å². The van der Waals surface area contributed by atoms with Crippen LogP contribution in [0.2, 0.25) is 0 Å². The van der Waals surface area contributed by atoms with Crippen molar-refractivity contribution in [2.75, 3.05) is 0 Å². The molecule has 0 radical (unpaired) electrons. The molecular weight excluding hydrogens is 216 g/mol. The van der Waals surface area contributed by atoms with Crippen molar-refractivity contribution in [2.45, 2.75) is 26.8 Å². The first-order valence-electron chi connectivity index (χ1n) is 5.47. The van der Waals surface area contributed by atoms with Crippen LogP contribution >= 0.6 is 0 Å². The third-order valence-electron chi connectivity index (χ3n) is 2.37. The number of rotatable bonds is 3. The second kappa shape index (κ2) is 4.99. The lowest BCUT2D eigenvalue weighted by Crippen LogP contribution is -2.42. The van der Waals surface area contributed by atoms with Crippen molar-refractivity contribution in [1.29, 1.82) is 0 Å². The lowest BCUT2D eigenvalue weighted by Gasteiger charge is -2.22. The van der Waals surface area contributed by atoms with E-state index in [0.29, 0.717) is 5.56 Å². The molecule has 0 saturated carbocycles. The Bertz CT molecular complexity index is 407. The summed E-state index contributed by atoms with van der Waals surface area (Å²) in [5.41, 5.74) is 5.45. The fourth-order valence-electron chi connectivity index (χ4n) is 1.31. The molecule has 0 aromatic heterocycles. The Morgan fingerprint density at radius 2 is 1.71 bits per heavy atom. The first kappa shape index (κ1) is 13.2. The highest BCUT2D eigenvalue weighted by Crippen LogP contribution is 2.17. The highest BCUT2D eigenvalue weighted by molar-refractivity contribution is 5.89. The van der Waals surface area contributed by atoms with Gasteiger partial charge in [0.1, 0.15) is 6.04 Å². The molecule has 92 valence electrons. The Kier molecular flexibility index (Phi) is 3.89. The standard InChI is InChI=1S/C13H18N2O2/c1-13(2,3)12(17)15-10(11(14)16)9-7-5-4-6-8-9/h4-8,10H,1-3H3,(H2,14,16)(H,15,17)/t10-/m0/s1. The van der Waals surface area contributed by atoms with E-state index in [2.05, 4.69) is 5.32 Å². The Hall–Kier alpha value is -1.84. The smallest absolute Gasteiger partial charge is 0.244 e. The van der Waals surface area contributed by atoms with Gasteiger partial charge in [-0.1, -0.05) is 51.1 Å². The summed E-state index contributed by atoms with van der Waals surface area (Å²) in [5.74, 6) is -0.765. The zero-order valence-corrected chi connectivity index (χ0v) is 10.4. The third kappa shape index (κ3) is 3.59. The van der Waals surface area contributed by atoms with Crippen molar-refractivity contribution < 1.29 is 9.59 Å². The monoisotopic (exact) mass is 234 g/mol. The van der Waals surface area contributed by atoms with Gasteiger partial charge < -0.3 is 11.1 Å². The summed E-state index contributed by atoms with van der Waals surface area (Å²) in [7, 11) is 0. The van der Waals surface area contributed by atoms with E-state index in [4.69, 9.17) is 5.73 Å². The molecule has 17 heavy (non-hydrogen) atoms. The maximum absolute atomic E-state index is 11.8. The third-order valence-corrected chi connectivity index (χ3v) is 2.37. The van der Waals surface area contributed by atoms with Gasteiger partial charge in [-0.15, -0.1) is 0 Å². The van der Waals surface area contributed by atoms with Crippen LogP contribution in [0.25, 0.3) is 0 Å². The van der Waals surface area contributed by atoms with Crippen LogP contribution in [0.15, 0.2) is 30.3 Å². The largest absolute Gasteiger partial charge is 0.368 e. The van der Waals surface area contributed by atoms with Gasteiger partial charge in [0.15, 0.2) is 0 Å². The molecule has 0 saturated heterocycles. The number of amides is 2.